The molecule has 0 aliphatic carbocycles. The van der Waals surface area contributed by atoms with Crippen molar-refractivity contribution >= 4 is 0 Å². The van der Waals surface area contributed by atoms with E-state index in [1.807, 2.05) is 0 Å². The van der Waals surface area contributed by atoms with E-state index in [4.69, 9.17) is 0 Å². The molecule has 2 aromatic rings. The molecule has 0 aliphatic rings. The molecule has 1 unspecified atom stereocenters. The van der Waals surface area contributed by atoms with E-state index in [-0.39, 0.29) is 5.56 Å². The van der Waals surface area contributed by atoms with Crippen LogP contribution in [0.3, 0.4) is 0 Å². The summed E-state index contributed by atoms with van der Waals surface area (Å²) in [6, 6.07) is 7.29. The summed E-state index contributed by atoms with van der Waals surface area (Å²) in [4.78, 5) is 0. The summed E-state index contributed by atoms with van der Waals surface area (Å²) < 4.78 is 67.1. The lowest BCUT2D eigenvalue weighted by Crippen LogP contribution is -2.17. The lowest BCUT2D eigenvalue weighted by atomic mass is 10.0. The number of aliphatic hydroxyl groups excluding tert-OH is 1. The van der Waals surface area contributed by atoms with Gasteiger partial charge in [0.15, 0.2) is 0 Å². The Morgan fingerprint density at radius 2 is 1.52 bits per heavy atom. The molecule has 2 rings (SSSR count). The monoisotopic (exact) mass is 304 g/mol. The second-order valence-electron chi connectivity index (χ2n) is 4.16. The highest BCUT2D eigenvalue weighted by molar-refractivity contribution is 5.36. The van der Waals surface area contributed by atoms with Crippen LogP contribution in [-0.2, 0) is 0 Å². The van der Waals surface area contributed by atoms with E-state index in [9.17, 15) is 27.1 Å². The Labute approximate surface area is 116 Å². The molecular weight excluding hydrogens is 295 g/mol. The van der Waals surface area contributed by atoms with Crippen molar-refractivity contribution in [3.05, 3.63) is 65.2 Å². The first-order valence-electron chi connectivity index (χ1n) is 5.75. The largest absolute Gasteiger partial charge is 0.573 e. The topological polar surface area (TPSA) is 29.5 Å². The van der Waals surface area contributed by atoms with Crippen LogP contribution in [0.4, 0.5) is 22.0 Å². The zero-order chi connectivity index (χ0) is 15.6. The fourth-order valence-electron chi connectivity index (χ4n) is 1.82. The Bertz CT molecular complexity index is 619. The molecule has 0 aliphatic heterocycles. The van der Waals surface area contributed by atoms with E-state index in [2.05, 4.69) is 4.74 Å². The van der Waals surface area contributed by atoms with Gasteiger partial charge in [-0.3, -0.25) is 0 Å². The number of rotatable bonds is 3. The van der Waals surface area contributed by atoms with Gasteiger partial charge >= 0.3 is 6.36 Å². The molecule has 0 radical (unpaired) electrons. The summed E-state index contributed by atoms with van der Waals surface area (Å²) in [6.07, 6.45) is -6.64. The SMILES string of the molecule is OC(c1cccc(OC(F)(F)F)c1)c1c(F)cccc1F. The summed E-state index contributed by atoms with van der Waals surface area (Å²) in [5, 5.41) is 9.96. The van der Waals surface area contributed by atoms with Gasteiger partial charge in [0.2, 0.25) is 0 Å². The lowest BCUT2D eigenvalue weighted by Gasteiger charge is -2.15. The molecule has 1 N–H and O–H groups in total. The van der Waals surface area contributed by atoms with E-state index in [1.165, 1.54) is 12.1 Å². The second-order valence-corrected chi connectivity index (χ2v) is 4.16. The first-order chi connectivity index (χ1) is 9.78. The first-order valence-corrected chi connectivity index (χ1v) is 5.75. The quantitative estimate of drug-likeness (QED) is 0.870. The highest BCUT2D eigenvalue weighted by Crippen LogP contribution is 2.30. The number of ether oxygens (including phenoxy) is 1. The zero-order valence-electron chi connectivity index (χ0n) is 10.4. The number of hydrogen-bond acceptors (Lipinski definition) is 2. The van der Waals surface area contributed by atoms with Gasteiger partial charge in [-0.2, -0.15) is 0 Å². The minimum atomic E-state index is -4.90. The maximum Gasteiger partial charge on any atom is 0.573 e. The maximum absolute atomic E-state index is 13.5. The first kappa shape index (κ1) is 15.2. The van der Waals surface area contributed by atoms with Crippen molar-refractivity contribution in [3.8, 4) is 5.75 Å². The van der Waals surface area contributed by atoms with Crippen LogP contribution in [0.1, 0.15) is 17.2 Å². The van der Waals surface area contributed by atoms with Gasteiger partial charge in [0, 0.05) is 0 Å². The minimum Gasteiger partial charge on any atom is -0.406 e. The molecule has 0 fully saturated rings. The highest BCUT2D eigenvalue weighted by Gasteiger charge is 2.31. The van der Waals surface area contributed by atoms with E-state index in [0.29, 0.717) is 0 Å². The van der Waals surface area contributed by atoms with E-state index in [1.54, 1.807) is 0 Å². The van der Waals surface area contributed by atoms with Crippen molar-refractivity contribution in [1.82, 2.24) is 0 Å². The Morgan fingerprint density at radius 3 is 2.10 bits per heavy atom. The van der Waals surface area contributed by atoms with Crippen LogP contribution >= 0.6 is 0 Å². The third kappa shape index (κ3) is 3.69. The number of hydrogen-bond donors (Lipinski definition) is 1. The fraction of sp³-hybridized carbons (Fsp3) is 0.143. The standard InChI is InChI=1S/C14H9F5O2/c15-10-5-2-6-11(16)12(10)13(20)8-3-1-4-9(7-8)21-14(17,18)19/h1-7,13,20H. The number of benzene rings is 2. The Balaban J connectivity index is 2.36. The summed E-state index contributed by atoms with van der Waals surface area (Å²) >= 11 is 0. The van der Waals surface area contributed by atoms with Gasteiger partial charge in [-0.1, -0.05) is 18.2 Å². The molecular formula is C14H9F5O2. The molecule has 0 saturated carbocycles. The molecule has 1 atom stereocenters. The van der Waals surface area contributed by atoms with E-state index in [0.717, 1.165) is 30.3 Å². The molecule has 7 heteroatoms. The smallest absolute Gasteiger partial charge is 0.406 e. The van der Waals surface area contributed by atoms with Crippen LogP contribution in [-0.4, -0.2) is 11.5 Å². The van der Waals surface area contributed by atoms with Crippen molar-refractivity contribution < 1.29 is 31.8 Å². The summed E-state index contributed by atoms with van der Waals surface area (Å²) in [5.74, 6) is -2.58. The third-order valence-electron chi connectivity index (χ3n) is 2.68. The normalized spacial score (nSPS) is 13.0. The molecule has 0 aromatic heterocycles. The molecule has 0 bridgehead atoms. The van der Waals surface area contributed by atoms with E-state index >= 15 is 0 Å². The van der Waals surface area contributed by atoms with Gasteiger partial charge in [0.1, 0.15) is 23.5 Å². The van der Waals surface area contributed by atoms with Crippen molar-refractivity contribution in [2.24, 2.45) is 0 Å². The van der Waals surface area contributed by atoms with Crippen LogP contribution in [0.5, 0.6) is 5.75 Å². The number of halogens is 5. The van der Waals surface area contributed by atoms with Crippen molar-refractivity contribution in [2.75, 3.05) is 0 Å². The van der Waals surface area contributed by atoms with Gasteiger partial charge in [0.05, 0.1) is 5.56 Å². The van der Waals surface area contributed by atoms with Gasteiger partial charge in [-0.25, -0.2) is 8.78 Å². The third-order valence-corrected chi connectivity index (χ3v) is 2.68. The van der Waals surface area contributed by atoms with Gasteiger partial charge in [-0.05, 0) is 29.8 Å². The van der Waals surface area contributed by atoms with Crippen molar-refractivity contribution in [2.45, 2.75) is 12.5 Å². The predicted octanol–water partition coefficient (Wildman–Crippen LogP) is 3.95. The van der Waals surface area contributed by atoms with Gasteiger partial charge < -0.3 is 9.84 Å². The highest BCUT2D eigenvalue weighted by atomic mass is 19.4. The predicted molar refractivity (Wildman–Crippen MR) is 63.5 cm³/mol. The Kier molecular flexibility index (Phi) is 4.13. The van der Waals surface area contributed by atoms with Crippen LogP contribution in [0, 0.1) is 11.6 Å². The van der Waals surface area contributed by atoms with Gasteiger partial charge in [-0.15, -0.1) is 13.2 Å². The van der Waals surface area contributed by atoms with Crippen molar-refractivity contribution in [3.63, 3.8) is 0 Å². The zero-order valence-corrected chi connectivity index (χ0v) is 10.4. The Hall–Kier alpha value is -2.15. The van der Waals surface area contributed by atoms with Gasteiger partial charge in [0.25, 0.3) is 0 Å². The summed E-state index contributed by atoms with van der Waals surface area (Å²) in [6.45, 7) is 0. The Morgan fingerprint density at radius 1 is 0.952 bits per heavy atom. The van der Waals surface area contributed by atoms with Crippen LogP contribution in [0.2, 0.25) is 0 Å². The van der Waals surface area contributed by atoms with Crippen LogP contribution < -0.4 is 4.74 Å². The molecule has 112 valence electrons. The number of alkyl halides is 3. The second kappa shape index (κ2) is 5.69. The summed E-state index contributed by atoms with van der Waals surface area (Å²) in [5.41, 5.74) is -0.762. The summed E-state index contributed by atoms with van der Waals surface area (Å²) in [7, 11) is 0. The maximum atomic E-state index is 13.5. The average molecular weight is 304 g/mol. The molecule has 2 aromatic carbocycles. The molecule has 0 amide bonds. The fourth-order valence-corrected chi connectivity index (χ4v) is 1.82. The lowest BCUT2D eigenvalue weighted by molar-refractivity contribution is -0.274. The number of aliphatic hydroxyl groups is 1. The molecule has 21 heavy (non-hydrogen) atoms. The van der Waals surface area contributed by atoms with Crippen LogP contribution in [0.25, 0.3) is 0 Å². The minimum absolute atomic E-state index is 0.124. The van der Waals surface area contributed by atoms with Crippen LogP contribution in [0.15, 0.2) is 42.5 Å². The van der Waals surface area contributed by atoms with E-state index < -0.39 is 35.4 Å². The molecule has 0 spiro atoms. The average Bonchev–Trinajstić information content (AvgIpc) is 2.36. The molecule has 0 saturated heterocycles. The molecule has 2 nitrogen and oxygen atoms in total. The van der Waals surface area contributed by atoms with Crippen molar-refractivity contribution in [1.29, 1.82) is 0 Å². The molecule has 0 heterocycles.